The van der Waals surface area contributed by atoms with Gasteiger partial charge in [0.15, 0.2) is 0 Å². The molecule has 0 saturated carbocycles. The molecule has 1 unspecified atom stereocenters. The fraction of sp³-hybridized carbons (Fsp3) is 0.364. The van der Waals surface area contributed by atoms with Crippen molar-refractivity contribution in [2.75, 3.05) is 11.9 Å². The van der Waals surface area contributed by atoms with E-state index in [0.29, 0.717) is 17.3 Å². The zero-order chi connectivity index (χ0) is 12.0. The fourth-order valence-electron chi connectivity index (χ4n) is 1.21. The van der Waals surface area contributed by atoms with Gasteiger partial charge in [0.05, 0.1) is 0 Å². The predicted octanol–water partition coefficient (Wildman–Crippen LogP) is 2.20. The van der Waals surface area contributed by atoms with E-state index in [2.05, 4.69) is 10.6 Å². The van der Waals surface area contributed by atoms with Crippen molar-refractivity contribution in [3.05, 3.63) is 29.3 Å². The zero-order valence-corrected chi connectivity index (χ0v) is 9.92. The SMILES string of the molecule is CCC(CN)NC(=O)Nc1ccc(Cl)cc1. The Balaban J connectivity index is 2.48. The van der Waals surface area contributed by atoms with E-state index in [-0.39, 0.29) is 12.1 Å². The van der Waals surface area contributed by atoms with Gasteiger partial charge in [0.1, 0.15) is 0 Å². The van der Waals surface area contributed by atoms with Crippen molar-refractivity contribution in [1.82, 2.24) is 5.32 Å². The van der Waals surface area contributed by atoms with Gasteiger partial charge >= 0.3 is 6.03 Å². The van der Waals surface area contributed by atoms with Crippen LogP contribution in [-0.4, -0.2) is 18.6 Å². The van der Waals surface area contributed by atoms with Crippen LogP contribution in [0.1, 0.15) is 13.3 Å². The molecule has 0 aliphatic heterocycles. The molecule has 0 fully saturated rings. The number of hydrogen-bond donors (Lipinski definition) is 3. The Morgan fingerprint density at radius 1 is 1.44 bits per heavy atom. The van der Waals surface area contributed by atoms with Crippen LogP contribution >= 0.6 is 11.6 Å². The van der Waals surface area contributed by atoms with E-state index in [1.807, 2.05) is 6.92 Å². The average molecular weight is 242 g/mol. The molecule has 88 valence electrons. The van der Waals surface area contributed by atoms with E-state index < -0.39 is 0 Å². The van der Waals surface area contributed by atoms with E-state index in [4.69, 9.17) is 17.3 Å². The molecule has 1 rings (SSSR count). The molecule has 16 heavy (non-hydrogen) atoms. The highest BCUT2D eigenvalue weighted by Gasteiger charge is 2.07. The Hall–Kier alpha value is -1.26. The van der Waals surface area contributed by atoms with Crippen molar-refractivity contribution in [3.8, 4) is 0 Å². The van der Waals surface area contributed by atoms with Crippen molar-refractivity contribution in [2.45, 2.75) is 19.4 Å². The second-order valence-corrected chi connectivity index (χ2v) is 3.88. The quantitative estimate of drug-likeness (QED) is 0.757. The minimum Gasteiger partial charge on any atom is -0.334 e. The maximum Gasteiger partial charge on any atom is 0.319 e. The highest BCUT2D eigenvalue weighted by atomic mass is 35.5. The second-order valence-electron chi connectivity index (χ2n) is 3.45. The smallest absolute Gasteiger partial charge is 0.319 e. The number of hydrogen-bond acceptors (Lipinski definition) is 2. The molecule has 1 aromatic carbocycles. The summed E-state index contributed by atoms with van der Waals surface area (Å²) in [5, 5.41) is 6.11. The molecule has 5 heteroatoms. The van der Waals surface area contributed by atoms with Crippen molar-refractivity contribution in [1.29, 1.82) is 0 Å². The van der Waals surface area contributed by atoms with Gasteiger partial charge in [-0.1, -0.05) is 18.5 Å². The molecule has 4 nitrogen and oxygen atoms in total. The maximum atomic E-state index is 11.5. The summed E-state index contributed by atoms with van der Waals surface area (Å²) in [6.45, 7) is 2.41. The Kier molecular flexibility index (Phi) is 5.08. The Morgan fingerprint density at radius 2 is 2.06 bits per heavy atom. The van der Waals surface area contributed by atoms with E-state index in [1.165, 1.54) is 0 Å². The van der Waals surface area contributed by atoms with Gasteiger partial charge < -0.3 is 16.4 Å². The standard InChI is InChI=1S/C11H16ClN3O/c1-2-9(7-13)14-11(16)15-10-5-3-8(12)4-6-10/h3-6,9H,2,7,13H2,1H3,(H2,14,15,16). The molecule has 0 aliphatic carbocycles. The summed E-state index contributed by atoms with van der Waals surface area (Å²) in [6.07, 6.45) is 0.810. The van der Waals surface area contributed by atoms with Crippen LogP contribution in [-0.2, 0) is 0 Å². The summed E-state index contributed by atoms with van der Waals surface area (Å²) >= 11 is 5.73. The summed E-state index contributed by atoms with van der Waals surface area (Å²) in [5.41, 5.74) is 6.19. The van der Waals surface area contributed by atoms with E-state index in [1.54, 1.807) is 24.3 Å². The van der Waals surface area contributed by atoms with Gasteiger partial charge in [-0.3, -0.25) is 0 Å². The monoisotopic (exact) mass is 241 g/mol. The molecule has 4 N–H and O–H groups in total. The fourth-order valence-corrected chi connectivity index (χ4v) is 1.34. The third kappa shape index (κ3) is 4.08. The number of anilines is 1. The van der Waals surface area contributed by atoms with Crippen molar-refractivity contribution in [3.63, 3.8) is 0 Å². The number of carbonyl (C=O) groups excluding carboxylic acids is 1. The van der Waals surface area contributed by atoms with E-state index in [9.17, 15) is 4.79 Å². The molecule has 0 saturated heterocycles. The number of nitrogens with one attached hydrogen (secondary N) is 2. The van der Waals surface area contributed by atoms with Gasteiger partial charge in [0.25, 0.3) is 0 Å². The third-order valence-electron chi connectivity index (χ3n) is 2.21. The van der Waals surface area contributed by atoms with E-state index in [0.717, 1.165) is 6.42 Å². The van der Waals surface area contributed by atoms with Crippen LogP contribution < -0.4 is 16.4 Å². The average Bonchev–Trinajstić information content (AvgIpc) is 2.29. The molecular weight excluding hydrogens is 226 g/mol. The second kappa shape index (κ2) is 6.35. The minimum absolute atomic E-state index is 0.00676. The number of carbonyl (C=O) groups is 1. The number of halogens is 1. The summed E-state index contributed by atoms with van der Waals surface area (Å²) in [7, 11) is 0. The first-order valence-electron chi connectivity index (χ1n) is 5.19. The normalized spacial score (nSPS) is 11.9. The lowest BCUT2D eigenvalue weighted by Gasteiger charge is -2.15. The van der Waals surface area contributed by atoms with E-state index >= 15 is 0 Å². The van der Waals surface area contributed by atoms with Crippen LogP contribution in [0.4, 0.5) is 10.5 Å². The van der Waals surface area contributed by atoms with Gasteiger partial charge in [-0.2, -0.15) is 0 Å². The first kappa shape index (κ1) is 12.8. The van der Waals surface area contributed by atoms with Gasteiger partial charge in [0, 0.05) is 23.3 Å². The molecule has 0 spiro atoms. The third-order valence-corrected chi connectivity index (χ3v) is 2.47. The van der Waals surface area contributed by atoms with Crippen LogP contribution in [0.3, 0.4) is 0 Å². The minimum atomic E-state index is -0.250. The molecule has 0 radical (unpaired) electrons. The predicted molar refractivity (Wildman–Crippen MR) is 66.7 cm³/mol. The number of urea groups is 1. The number of nitrogens with two attached hydrogens (primary N) is 1. The summed E-state index contributed by atoms with van der Waals surface area (Å²) in [4.78, 5) is 11.5. The van der Waals surface area contributed by atoms with Crippen LogP contribution in [0.25, 0.3) is 0 Å². The van der Waals surface area contributed by atoms with Gasteiger partial charge in [-0.25, -0.2) is 4.79 Å². The maximum absolute atomic E-state index is 11.5. The van der Waals surface area contributed by atoms with Crippen molar-refractivity contribution < 1.29 is 4.79 Å². The molecule has 1 atom stereocenters. The molecule has 1 aromatic rings. The summed E-state index contributed by atoms with van der Waals surface area (Å²) in [6, 6.07) is 6.68. The number of rotatable bonds is 4. The van der Waals surface area contributed by atoms with Gasteiger partial charge in [-0.15, -0.1) is 0 Å². The van der Waals surface area contributed by atoms with Crippen molar-refractivity contribution in [2.24, 2.45) is 5.73 Å². The Morgan fingerprint density at radius 3 is 2.56 bits per heavy atom. The largest absolute Gasteiger partial charge is 0.334 e. The highest BCUT2D eigenvalue weighted by molar-refractivity contribution is 6.30. The molecule has 2 amide bonds. The molecular formula is C11H16ClN3O. The summed E-state index contributed by atoms with van der Waals surface area (Å²) < 4.78 is 0. The lowest BCUT2D eigenvalue weighted by atomic mass is 10.2. The molecule has 0 aliphatic rings. The zero-order valence-electron chi connectivity index (χ0n) is 9.16. The molecule has 0 heterocycles. The first-order valence-corrected chi connectivity index (χ1v) is 5.56. The number of benzene rings is 1. The van der Waals surface area contributed by atoms with Gasteiger partial charge in [-0.05, 0) is 30.7 Å². The molecule has 0 aromatic heterocycles. The van der Waals surface area contributed by atoms with Gasteiger partial charge in [0.2, 0.25) is 0 Å². The van der Waals surface area contributed by atoms with Crippen LogP contribution in [0.15, 0.2) is 24.3 Å². The van der Waals surface area contributed by atoms with Crippen LogP contribution in [0, 0.1) is 0 Å². The Labute approximate surface area is 100 Å². The van der Waals surface area contributed by atoms with Crippen molar-refractivity contribution >= 4 is 23.3 Å². The first-order chi connectivity index (χ1) is 7.65. The van der Waals surface area contributed by atoms with Crippen LogP contribution in [0.2, 0.25) is 5.02 Å². The number of amides is 2. The lowest BCUT2D eigenvalue weighted by molar-refractivity contribution is 0.248. The summed E-state index contributed by atoms with van der Waals surface area (Å²) in [5.74, 6) is 0. The molecule has 0 bridgehead atoms. The Bertz CT molecular complexity index is 336. The van der Waals surface area contributed by atoms with Crippen LogP contribution in [0.5, 0.6) is 0 Å². The lowest BCUT2D eigenvalue weighted by Crippen LogP contribution is -2.41. The topological polar surface area (TPSA) is 67.1 Å². The highest BCUT2D eigenvalue weighted by Crippen LogP contribution is 2.13.